The van der Waals surface area contributed by atoms with Gasteiger partial charge in [0.05, 0.1) is 29.3 Å². The monoisotopic (exact) mass is 366 g/mol. The number of hydrogen-bond donors (Lipinski definition) is 1. The lowest BCUT2D eigenvalue weighted by molar-refractivity contribution is -0.137. The number of halogens is 3. The lowest BCUT2D eigenvalue weighted by atomic mass is 10.1. The summed E-state index contributed by atoms with van der Waals surface area (Å²) in [6.45, 7) is 0. The fourth-order valence-corrected chi connectivity index (χ4v) is 3.21. The van der Waals surface area contributed by atoms with E-state index < -0.39 is 11.7 Å². The van der Waals surface area contributed by atoms with Crippen molar-refractivity contribution in [2.24, 2.45) is 0 Å². The van der Waals surface area contributed by atoms with Gasteiger partial charge in [0.1, 0.15) is 5.75 Å². The first kappa shape index (κ1) is 17.2. The Morgan fingerprint density at radius 2 is 2.04 bits per heavy atom. The molecular weight excluding hydrogens is 353 g/mol. The van der Waals surface area contributed by atoms with Crippen LogP contribution < -0.4 is 10.1 Å². The molecule has 0 spiro atoms. The molecule has 3 aromatic rings. The van der Waals surface area contributed by atoms with Crippen LogP contribution >= 0.6 is 11.3 Å². The van der Waals surface area contributed by atoms with Gasteiger partial charge in [0.25, 0.3) is 0 Å². The van der Waals surface area contributed by atoms with Crippen molar-refractivity contribution in [1.82, 2.24) is 4.98 Å². The zero-order chi connectivity index (χ0) is 18.0. The van der Waals surface area contributed by atoms with E-state index in [4.69, 9.17) is 4.74 Å². The molecule has 0 bridgehead atoms. The average Bonchev–Trinajstić information content (AvgIpc) is 2.95. The zero-order valence-corrected chi connectivity index (χ0v) is 13.9. The van der Waals surface area contributed by atoms with Gasteiger partial charge in [-0.1, -0.05) is 23.5 Å². The van der Waals surface area contributed by atoms with Gasteiger partial charge in [0.15, 0.2) is 5.13 Å². The number of ether oxygens (including phenoxy) is 1. The molecule has 130 valence electrons. The molecule has 2 aromatic carbocycles. The summed E-state index contributed by atoms with van der Waals surface area (Å²) in [5.74, 6) is 0.341. The average molecular weight is 366 g/mol. The van der Waals surface area contributed by atoms with Crippen LogP contribution in [0.4, 0.5) is 18.3 Å². The summed E-state index contributed by atoms with van der Waals surface area (Å²) in [6.07, 6.45) is -4.30. The molecule has 1 amide bonds. The number of aromatic nitrogens is 1. The van der Waals surface area contributed by atoms with Crippen LogP contribution in [-0.4, -0.2) is 18.0 Å². The summed E-state index contributed by atoms with van der Waals surface area (Å²) in [5, 5.41) is 2.89. The predicted octanol–water partition coefficient (Wildman–Crippen LogP) is 4.50. The first-order valence-corrected chi connectivity index (χ1v) is 8.07. The van der Waals surface area contributed by atoms with Crippen molar-refractivity contribution >= 4 is 32.6 Å². The molecule has 1 aromatic heterocycles. The van der Waals surface area contributed by atoms with Crippen molar-refractivity contribution < 1.29 is 22.7 Å². The molecule has 0 unspecified atom stereocenters. The van der Waals surface area contributed by atoms with Gasteiger partial charge in [0, 0.05) is 0 Å². The minimum Gasteiger partial charge on any atom is -0.497 e. The van der Waals surface area contributed by atoms with Crippen molar-refractivity contribution in [3.63, 3.8) is 0 Å². The number of carbonyl (C=O) groups is 1. The van der Waals surface area contributed by atoms with E-state index in [1.807, 2.05) is 0 Å². The third kappa shape index (κ3) is 4.08. The Morgan fingerprint density at radius 3 is 2.76 bits per heavy atom. The Balaban J connectivity index is 1.74. The van der Waals surface area contributed by atoms with Gasteiger partial charge in [-0.2, -0.15) is 13.2 Å². The van der Waals surface area contributed by atoms with Crippen LogP contribution in [0, 0.1) is 0 Å². The number of nitrogens with zero attached hydrogens (tertiary/aromatic N) is 1. The predicted molar refractivity (Wildman–Crippen MR) is 89.9 cm³/mol. The molecule has 0 saturated heterocycles. The molecule has 8 heteroatoms. The number of benzene rings is 2. The largest absolute Gasteiger partial charge is 0.497 e. The van der Waals surface area contributed by atoms with E-state index in [-0.39, 0.29) is 17.5 Å². The second-order valence-electron chi connectivity index (χ2n) is 5.28. The highest BCUT2D eigenvalue weighted by Gasteiger charge is 2.30. The molecule has 0 aliphatic heterocycles. The van der Waals surface area contributed by atoms with E-state index in [1.54, 1.807) is 24.3 Å². The number of rotatable bonds is 4. The van der Waals surface area contributed by atoms with E-state index in [0.29, 0.717) is 16.0 Å². The quantitative estimate of drug-likeness (QED) is 0.739. The molecule has 1 heterocycles. The van der Waals surface area contributed by atoms with E-state index >= 15 is 0 Å². The van der Waals surface area contributed by atoms with Gasteiger partial charge >= 0.3 is 6.18 Å². The number of anilines is 1. The summed E-state index contributed by atoms with van der Waals surface area (Å²) in [5.41, 5.74) is 0.435. The Bertz CT molecular complexity index is 922. The van der Waals surface area contributed by atoms with Crippen molar-refractivity contribution in [3.8, 4) is 5.75 Å². The molecule has 4 nitrogen and oxygen atoms in total. The number of alkyl halides is 3. The first-order valence-electron chi connectivity index (χ1n) is 7.26. The second kappa shape index (κ2) is 6.72. The van der Waals surface area contributed by atoms with Crippen molar-refractivity contribution in [1.29, 1.82) is 0 Å². The fraction of sp³-hybridized carbons (Fsp3) is 0.176. The maximum atomic E-state index is 12.7. The van der Waals surface area contributed by atoms with Crippen LogP contribution in [0.2, 0.25) is 0 Å². The molecule has 0 atom stereocenters. The molecular formula is C17H13F3N2O2S. The van der Waals surface area contributed by atoms with Crippen LogP contribution in [-0.2, 0) is 17.4 Å². The number of methoxy groups -OCH3 is 1. The molecule has 0 radical (unpaired) electrons. The molecule has 0 aliphatic rings. The van der Waals surface area contributed by atoms with Crippen LogP contribution in [0.1, 0.15) is 11.1 Å². The van der Waals surface area contributed by atoms with Gasteiger partial charge in [-0.25, -0.2) is 4.98 Å². The number of thiazole rings is 1. The minimum atomic E-state index is -4.41. The first-order chi connectivity index (χ1) is 11.8. The molecule has 0 aliphatic carbocycles. The molecule has 1 N–H and O–H groups in total. The number of nitrogens with one attached hydrogen (secondary N) is 1. The molecule has 0 fully saturated rings. The normalized spacial score (nSPS) is 11.5. The SMILES string of the molecule is COc1cccc(CC(=O)Nc2nc3ccc(C(F)(F)F)cc3s2)c1. The molecule has 3 rings (SSSR count). The summed E-state index contributed by atoms with van der Waals surface area (Å²) >= 11 is 1.01. The maximum absolute atomic E-state index is 12.7. The number of fused-ring (bicyclic) bond motifs is 1. The number of carbonyl (C=O) groups excluding carboxylic acids is 1. The Hall–Kier alpha value is -2.61. The number of hydrogen-bond acceptors (Lipinski definition) is 4. The van der Waals surface area contributed by atoms with Gasteiger partial charge in [0.2, 0.25) is 5.91 Å². The van der Waals surface area contributed by atoms with Gasteiger partial charge in [-0.05, 0) is 35.9 Å². The highest BCUT2D eigenvalue weighted by molar-refractivity contribution is 7.22. The Kier molecular flexibility index (Phi) is 4.63. The van der Waals surface area contributed by atoms with Crippen molar-refractivity contribution in [3.05, 3.63) is 53.6 Å². The summed E-state index contributed by atoms with van der Waals surface area (Å²) in [7, 11) is 1.54. The highest BCUT2D eigenvalue weighted by Crippen LogP contribution is 2.34. The van der Waals surface area contributed by atoms with E-state index in [0.717, 1.165) is 29.0 Å². The van der Waals surface area contributed by atoms with Crippen LogP contribution in [0.5, 0.6) is 5.75 Å². The molecule has 25 heavy (non-hydrogen) atoms. The lowest BCUT2D eigenvalue weighted by Gasteiger charge is -2.04. The minimum absolute atomic E-state index is 0.112. The number of amides is 1. The standard InChI is InChI=1S/C17H13F3N2O2S/c1-24-12-4-2-3-10(7-12)8-15(23)22-16-21-13-6-5-11(17(18,19)20)9-14(13)25-16/h2-7,9H,8H2,1H3,(H,21,22,23). The van der Waals surface area contributed by atoms with Crippen molar-refractivity contribution in [2.75, 3.05) is 12.4 Å². The second-order valence-corrected chi connectivity index (χ2v) is 6.31. The van der Waals surface area contributed by atoms with E-state index in [9.17, 15) is 18.0 Å². The van der Waals surface area contributed by atoms with Crippen molar-refractivity contribution in [2.45, 2.75) is 12.6 Å². The smallest absolute Gasteiger partial charge is 0.416 e. The summed E-state index contributed by atoms with van der Waals surface area (Å²) in [6, 6.07) is 10.4. The van der Waals surface area contributed by atoms with Crippen LogP contribution in [0.25, 0.3) is 10.2 Å². The topological polar surface area (TPSA) is 51.2 Å². The maximum Gasteiger partial charge on any atom is 0.416 e. The Labute approximate surface area is 145 Å². The summed E-state index contributed by atoms with van der Waals surface area (Å²) < 4.78 is 43.7. The lowest BCUT2D eigenvalue weighted by Crippen LogP contribution is -2.14. The van der Waals surface area contributed by atoms with Gasteiger partial charge in [-0.15, -0.1) is 0 Å². The van der Waals surface area contributed by atoms with Gasteiger partial charge in [-0.3, -0.25) is 4.79 Å². The van der Waals surface area contributed by atoms with Crippen LogP contribution in [0.3, 0.4) is 0 Å². The molecule has 0 saturated carbocycles. The fourth-order valence-electron chi connectivity index (χ4n) is 2.29. The third-order valence-corrected chi connectivity index (χ3v) is 4.39. The van der Waals surface area contributed by atoms with Crippen LogP contribution in [0.15, 0.2) is 42.5 Å². The van der Waals surface area contributed by atoms with Gasteiger partial charge < -0.3 is 10.1 Å². The zero-order valence-electron chi connectivity index (χ0n) is 13.1. The van der Waals surface area contributed by atoms with E-state index in [2.05, 4.69) is 10.3 Å². The highest BCUT2D eigenvalue weighted by atomic mass is 32.1. The summed E-state index contributed by atoms with van der Waals surface area (Å²) in [4.78, 5) is 16.3. The third-order valence-electron chi connectivity index (χ3n) is 3.46. The Morgan fingerprint density at radius 1 is 1.24 bits per heavy atom. The van der Waals surface area contributed by atoms with E-state index in [1.165, 1.54) is 13.2 Å².